The Hall–Kier alpha value is -1.41. The molecule has 0 N–H and O–H groups in total. The summed E-state index contributed by atoms with van der Waals surface area (Å²) >= 11 is 6.02. The molecule has 1 aliphatic carbocycles. The number of benzene rings is 1. The summed E-state index contributed by atoms with van der Waals surface area (Å²) in [7, 11) is 0. The van der Waals surface area contributed by atoms with Gasteiger partial charge in [0, 0.05) is 17.0 Å². The minimum Gasteiger partial charge on any atom is -0.294 e. The molecule has 0 heterocycles. The van der Waals surface area contributed by atoms with Crippen LogP contribution < -0.4 is 0 Å². The number of halogens is 1. The van der Waals surface area contributed by atoms with Crippen LogP contribution in [0.5, 0.6) is 0 Å². The first-order valence-electron chi connectivity index (χ1n) is 6.19. The highest BCUT2D eigenvalue weighted by molar-refractivity contribution is 6.39. The summed E-state index contributed by atoms with van der Waals surface area (Å²) in [6.07, 6.45) is 2.71. The van der Waals surface area contributed by atoms with Gasteiger partial charge < -0.3 is 0 Å². The van der Waals surface area contributed by atoms with E-state index < -0.39 is 0 Å². The van der Waals surface area contributed by atoms with Gasteiger partial charge in [0.05, 0.1) is 5.57 Å². The zero-order chi connectivity index (χ0) is 13.1. The highest BCUT2D eigenvalue weighted by atomic mass is 35.5. The van der Waals surface area contributed by atoms with Crippen molar-refractivity contribution in [2.45, 2.75) is 32.6 Å². The van der Waals surface area contributed by atoms with E-state index in [9.17, 15) is 9.59 Å². The molecule has 2 nitrogen and oxygen atoms in total. The van der Waals surface area contributed by atoms with Crippen LogP contribution in [0.2, 0.25) is 0 Å². The van der Waals surface area contributed by atoms with Crippen molar-refractivity contribution < 1.29 is 9.59 Å². The van der Waals surface area contributed by atoms with E-state index >= 15 is 0 Å². The lowest BCUT2D eigenvalue weighted by atomic mass is 9.91. The molecule has 0 aromatic heterocycles. The van der Waals surface area contributed by atoms with Crippen molar-refractivity contribution in [1.82, 2.24) is 0 Å². The van der Waals surface area contributed by atoms with Crippen molar-refractivity contribution in [1.29, 1.82) is 0 Å². The van der Waals surface area contributed by atoms with E-state index in [4.69, 9.17) is 11.6 Å². The van der Waals surface area contributed by atoms with Gasteiger partial charge in [0.2, 0.25) is 0 Å². The fourth-order valence-electron chi connectivity index (χ4n) is 2.09. The van der Waals surface area contributed by atoms with Gasteiger partial charge in [0.1, 0.15) is 0 Å². The Balaban J connectivity index is 2.32. The van der Waals surface area contributed by atoms with E-state index in [2.05, 4.69) is 6.92 Å². The molecule has 1 aromatic rings. The Morgan fingerprint density at radius 2 is 1.89 bits per heavy atom. The molecule has 0 bridgehead atoms. The van der Waals surface area contributed by atoms with Crippen LogP contribution in [0.25, 0.3) is 0 Å². The lowest BCUT2D eigenvalue weighted by molar-refractivity contribution is -0.115. The number of rotatable bonds is 3. The van der Waals surface area contributed by atoms with Crippen molar-refractivity contribution >= 4 is 23.2 Å². The molecule has 94 valence electrons. The third-order valence-corrected chi connectivity index (χ3v) is 3.58. The number of allylic oxidation sites excluding steroid dienone is 2. The summed E-state index contributed by atoms with van der Waals surface area (Å²) < 4.78 is 0. The first kappa shape index (κ1) is 13.0. The Morgan fingerprint density at radius 3 is 2.44 bits per heavy atom. The molecular formula is C15H15ClO2. The lowest BCUT2D eigenvalue weighted by Gasteiger charge is -2.14. The van der Waals surface area contributed by atoms with Crippen LogP contribution in [0.1, 0.15) is 42.1 Å². The number of hydrogen-bond acceptors (Lipinski definition) is 2. The Kier molecular flexibility index (Phi) is 3.97. The van der Waals surface area contributed by atoms with Gasteiger partial charge in [-0.15, -0.1) is 0 Å². The Labute approximate surface area is 112 Å². The molecule has 0 fully saturated rings. The maximum Gasteiger partial charge on any atom is 0.197 e. The van der Waals surface area contributed by atoms with Gasteiger partial charge in [0.15, 0.2) is 11.6 Å². The van der Waals surface area contributed by atoms with Gasteiger partial charge in [-0.3, -0.25) is 9.59 Å². The number of aryl methyl sites for hydroxylation is 1. The second-order valence-corrected chi connectivity index (χ2v) is 4.89. The van der Waals surface area contributed by atoms with Crippen molar-refractivity contribution in [3.05, 3.63) is 46.0 Å². The van der Waals surface area contributed by atoms with E-state index in [1.165, 1.54) is 5.56 Å². The first-order valence-corrected chi connectivity index (χ1v) is 6.56. The van der Waals surface area contributed by atoms with Crippen LogP contribution >= 0.6 is 11.6 Å². The molecule has 1 aliphatic rings. The fourth-order valence-corrected chi connectivity index (χ4v) is 2.42. The molecule has 3 heteroatoms. The zero-order valence-electron chi connectivity index (χ0n) is 10.3. The van der Waals surface area contributed by atoms with Crippen LogP contribution in [0.15, 0.2) is 34.9 Å². The number of Topliss-reactive ketones (excluding diaryl/α,β-unsaturated/α-hetero) is 2. The molecule has 0 atom stereocenters. The van der Waals surface area contributed by atoms with E-state index in [0.717, 1.165) is 12.8 Å². The molecule has 0 aliphatic heterocycles. The molecule has 0 saturated carbocycles. The summed E-state index contributed by atoms with van der Waals surface area (Å²) in [4.78, 5) is 24.0. The average Bonchev–Trinajstić information content (AvgIpc) is 2.38. The van der Waals surface area contributed by atoms with Gasteiger partial charge in [-0.25, -0.2) is 0 Å². The SMILES string of the molecule is CCc1ccc(C(=O)C2=C(Cl)CCCC2=O)cc1. The molecule has 0 amide bonds. The van der Waals surface area contributed by atoms with Crippen molar-refractivity contribution in [3.63, 3.8) is 0 Å². The van der Waals surface area contributed by atoms with Crippen LogP contribution in [0.4, 0.5) is 0 Å². The number of carbonyl (C=O) groups excluding carboxylic acids is 2. The van der Waals surface area contributed by atoms with Crippen LogP contribution in [-0.4, -0.2) is 11.6 Å². The molecular weight excluding hydrogens is 248 g/mol. The fraction of sp³-hybridized carbons (Fsp3) is 0.333. The lowest BCUT2D eigenvalue weighted by Crippen LogP contribution is -2.18. The largest absolute Gasteiger partial charge is 0.294 e. The van der Waals surface area contributed by atoms with Crippen molar-refractivity contribution in [2.24, 2.45) is 0 Å². The summed E-state index contributed by atoms with van der Waals surface area (Å²) in [6, 6.07) is 7.35. The quantitative estimate of drug-likeness (QED) is 0.615. The third-order valence-electron chi connectivity index (χ3n) is 3.20. The highest BCUT2D eigenvalue weighted by Crippen LogP contribution is 2.27. The second kappa shape index (κ2) is 5.49. The topological polar surface area (TPSA) is 34.1 Å². The minimum atomic E-state index is -0.243. The number of hydrogen-bond donors (Lipinski definition) is 0. The molecule has 0 radical (unpaired) electrons. The maximum absolute atomic E-state index is 12.3. The van der Waals surface area contributed by atoms with Crippen molar-refractivity contribution in [3.8, 4) is 0 Å². The summed E-state index contributed by atoms with van der Waals surface area (Å²) in [6.45, 7) is 2.06. The molecule has 18 heavy (non-hydrogen) atoms. The molecule has 1 aromatic carbocycles. The third kappa shape index (κ3) is 2.54. The highest BCUT2D eigenvalue weighted by Gasteiger charge is 2.26. The summed E-state index contributed by atoms with van der Waals surface area (Å²) in [5.74, 6) is -0.372. The van der Waals surface area contributed by atoms with Gasteiger partial charge in [-0.05, 0) is 24.8 Å². The van der Waals surface area contributed by atoms with Crippen LogP contribution in [0.3, 0.4) is 0 Å². The Morgan fingerprint density at radius 1 is 1.22 bits per heavy atom. The maximum atomic E-state index is 12.3. The first-order chi connectivity index (χ1) is 8.63. The molecule has 0 saturated heterocycles. The second-order valence-electron chi connectivity index (χ2n) is 4.44. The number of ketones is 2. The van der Waals surface area contributed by atoms with Gasteiger partial charge >= 0.3 is 0 Å². The van der Waals surface area contributed by atoms with Crippen molar-refractivity contribution in [2.75, 3.05) is 0 Å². The summed E-state index contributed by atoms with van der Waals surface area (Å²) in [5, 5.41) is 0.413. The van der Waals surface area contributed by atoms with Gasteiger partial charge in [-0.2, -0.15) is 0 Å². The predicted molar refractivity (Wildman–Crippen MR) is 71.9 cm³/mol. The number of carbonyl (C=O) groups is 2. The van der Waals surface area contributed by atoms with E-state index in [1.807, 2.05) is 12.1 Å². The standard InChI is InChI=1S/C15H15ClO2/c1-2-10-6-8-11(9-7-10)15(18)14-12(16)4-3-5-13(14)17/h6-9H,2-5H2,1H3. The van der Waals surface area contributed by atoms with Crippen LogP contribution in [0, 0.1) is 0 Å². The zero-order valence-corrected chi connectivity index (χ0v) is 11.1. The normalized spacial score (nSPS) is 16.0. The smallest absolute Gasteiger partial charge is 0.197 e. The van der Waals surface area contributed by atoms with E-state index in [0.29, 0.717) is 23.4 Å². The van der Waals surface area contributed by atoms with E-state index in [-0.39, 0.29) is 17.1 Å². The van der Waals surface area contributed by atoms with Gasteiger partial charge in [0.25, 0.3) is 0 Å². The van der Waals surface area contributed by atoms with E-state index in [1.54, 1.807) is 12.1 Å². The minimum absolute atomic E-state index is 0.129. The predicted octanol–water partition coefficient (Wildman–Crippen LogP) is 3.68. The average molecular weight is 263 g/mol. The molecule has 0 spiro atoms. The van der Waals surface area contributed by atoms with Gasteiger partial charge in [-0.1, -0.05) is 42.8 Å². The summed E-state index contributed by atoms with van der Waals surface area (Å²) in [5.41, 5.74) is 1.89. The van der Waals surface area contributed by atoms with Crippen LogP contribution in [-0.2, 0) is 11.2 Å². The monoisotopic (exact) mass is 262 g/mol. The molecule has 0 unspecified atom stereocenters. The Bertz CT molecular complexity index is 512. The molecule has 2 rings (SSSR count).